The summed E-state index contributed by atoms with van der Waals surface area (Å²) < 4.78 is 0.538. The van der Waals surface area contributed by atoms with Crippen LogP contribution in [0.25, 0.3) is 0 Å². The Kier molecular flexibility index (Phi) is 4.54. The maximum absolute atomic E-state index is 12.6. The zero-order valence-corrected chi connectivity index (χ0v) is 14.2. The van der Waals surface area contributed by atoms with E-state index in [1.54, 1.807) is 24.3 Å². The highest BCUT2D eigenvalue weighted by Gasteiger charge is 2.37. The number of benzene rings is 2. The van der Waals surface area contributed by atoms with E-state index in [1.807, 2.05) is 31.2 Å². The van der Waals surface area contributed by atoms with Gasteiger partial charge >= 0.3 is 0 Å². The summed E-state index contributed by atoms with van der Waals surface area (Å²) in [5.74, 6) is 0.127. The minimum absolute atomic E-state index is 0.0368. The van der Waals surface area contributed by atoms with Crippen molar-refractivity contribution >= 4 is 45.6 Å². The van der Waals surface area contributed by atoms with Gasteiger partial charge < -0.3 is 10.4 Å². The molecule has 118 valence electrons. The maximum Gasteiger partial charge on any atom is 0.247 e. The molecule has 0 spiro atoms. The summed E-state index contributed by atoms with van der Waals surface area (Å²) in [6.07, 6.45) is 0. The normalized spacial score (nSPS) is 17.6. The smallest absolute Gasteiger partial charge is 0.247 e. The van der Waals surface area contributed by atoms with Gasteiger partial charge in [-0.05, 0) is 43.3 Å². The second-order valence-corrected chi connectivity index (χ2v) is 7.15. The molecule has 0 aromatic heterocycles. The number of aromatic hydroxyl groups is 1. The number of carbonyl (C=O) groups excluding carboxylic acids is 1. The Morgan fingerprint density at radius 2 is 1.83 bits per heavy atom. The van der Waals surface area contributed by atoms with Crippen molar-refractivity contribution in [3.8, 4) is 5.75 Å². The molecule has 1 atom stereocenters. The first-order valence-electron chi connectivity index (χ1n) is 7.19. The fraction of sp³-hybridized carbons (Fsp3) is 0.176. The van der Waals surface area contributed by atoms with Crippen LogP contribution in [-0.4, -0.2) is 27.1 Å². The van der Waals surface area contributed by atoms with Crippen LogP contribution in [0.5, 0.6) is 5.75 Å². The van der Waals surface area contributed by atoms with E-state index in [0.717, 1.165) is 5.69 Å². The molecule has 0 radical (unpaired) electrons. The molecule has 0 aliphatic carbocycles. The highest BCUT2D eigenvalue weighted by molar-refractivity contribution is 8.25. The van der Waals surface area contributed by atoms with Gasteiger partial charge in [0.1, 0.15) is 15.3 Å². The zero-order chi connectivity index (χ0) is 16.4. The summed E-state index contributed by atoms with van der Waals surface area (Å²) in [5, 5.41) is 12.4. The highest BCUT2D eigenvalue weighted by atomic mass is 32.2. The van der Waals surface area contributed by atoms with Crippen LogP contribution in [0.4, 0.5) is 11.4 Å². The van der Waals surface area contributed by atoms with Gasteiger partial charge in [-0.15, -0.1) is 0 Å². The Morgan fingerprint density at radius 1 is 1.17 bits per heavy atom. The summed E-state index contributed by atoms with van der Waals surface area (Å²) in [5.41, 5.74) is 2.86. The zero-order valence-electron chi connectivity index (χ0n) is 12.5. The largest absolute Gasteiger partial charge is 0.508 e. The number of aryl methyl sites for hydroxylation is 1. The lowest BCUT2D eigenvalue weighted by atomic mass is 10.2. The Hall–Kier alpha value is -2.05. The summed E-state index contributed by atoms with van der Waals surface area (Å²) in [7, 11) is 0. The number of rotatable bonds is 4. The molecule has 1 aliphatic rings. The molecule has 1 unspecified atom stereocenters. The number of phenolic OH excluding ortho intramolecular Hbond substituents is 1. The average molecular weight is 344 g/mol. The third-order valence-corrected chi connectivity index (χ3v) is 5.08. The average Bonchev–Trinajstić information content (AvgIpc) is 2.82. The van der Waals surface area contributed by atoms with Crippen LogP contribution < -0.4 is 10.2 Å². The maximum atomic E-state index is 12.6. The first kappa shape index (κ1) is 15.8. The Labute approximate surface area is 144 Å². The van der Waals surface area contributed by atoms with Crippen molar-refractivity contribution < 1.29 is 9.90 Å². The minimum atomic E-state index is -0.252. The van der Waals surface area contributed by atoms with Crippen LogP contribution in [0.2, 0.25) is 0 Å². The molecule has 1 amide bonds. The van der Waals surface area contributed by atoms with E-state index in [9.17, 15) is 9.90 Å². The van der Waals surface area contributed by atoms with Gasteiger partial charge in [0.2, 0.25) is 5.91 Å². The van der Waals surface area contributed by atoms with Crippen LogP contribution in [0.1, 0.15) is 5.56 Å². The predicted octanol–water partition coefficient (Wildman–Crippen LogP) is 3.55. The van der Waals surface area contributed by atoms with Crippen molar-refractivity contribution in [1.29, 1.82) is 0 Å². The van der Waals surface area contributed by atoms with Gasteiger partial charge in [-0.3, -0.25) is 9.69 Å². The van der Waals surface area contributed by atoms with Crippen LogP contribution >= 0.6 is 24.0 Å². The van der Waals surface area contributed by atoms with Crippen molar-refractivity contribution in [1.82, 2.24) is 0 Å². The molecule has 3 rings (SSSR count). The van der Waals surface area contributed by atoms with Gasteiger partial charge in [-0.2, -0.15) is 0 Å². The summed E-state index contributed by atoms with van der Waals surface area (Å²) in [6, 6.07) is 14.5. The number of amides is 1. The van der Waals surface area contributed by atoms with Crippen molar-refractivity contribution in [3.63, 3.8) is 0 Å². The summed E-state index contributed by atoms with van der Waals surface area (Å²) in [6.45, 7) is 2.55. The fourth-order valence-corrected chi connectivity index (χ4v) is 3.76. The van der Waals surface area contributed by atoms with E-state index in [4.69, 9.17) is 12.2 Å². The molecule has 1 aliphatic heterocycles. The first-order chi connectivity index (χ1) is 11.0. The van der Waals surface area contributed by atoms with Gasteiger partial charge in [-0.25, -0.2) is 0 Å². The van der Waals surface area contributed by atoms with Gasteiger partial charge in [0.05, 0.1) is 5.69 Å². The Balaban J connectivity index is 1.68. The molecular weight excluding hydrogens is 328 g/mol. The van der Waals surface area contributed by atoms with Gasteiger partial charge in [0, 0.05) is 12.2 Å². The van der Waals surface area contributed by atoms with Crippen molar-refractivity contribution in [3.05, 3.63) is 54.1 Å². The molecule has 23 heavy (non-hydrogen) atoms. The first-order valence-corrected chi connectivity index (χ1v) is 8.47. The minimum Gasteiger partial charge on any atom is -0.508 e. The SMILES string of the molecule is Cc1ccc(NCC2SC(=S)N(c3ccc(O)cc3)C2=O)cc1. The molecule has 2 N–H and O–H groups in total. The number of thiocarbonyl (C=S) groups is 1. The Morgan fingerprint density at radius 3 is 2.48 bits per heavy atom. The summed E-state index contributed by atoms with van der Waals surface area (Å²) in [4.78, 5) is 14.1. The number of hydrogen-bond donors (Lipinski definition) is 2. The van der Waals surface area contributed by atoms with E-state index < -0.39 is 0 Å². The van der Waals surface area contributed by atoms with Crippen molar-refractivity contribution in [2.24, 2.45) is 0 Å². The summed E-state index contributed by atoms with van der Waals surface area (Å²) >= 11 is 6.72. The van der Waals surface area contributed by atoms with Crippen molar-refractivity contribution in [2.75, 3.05) is 16.8 Å². The molecular formula is C17H16N2O2S2. The molecule has 6 heteroatoms. The number of phenols is 1. The monoisotopic (exact) mass is 344 g/mol. The van der Waals surface area contributed by atoms with E-state index in [-0.39, 0.29) is 16.9 Å². The molecule has 0 saturated carbocycles. The molecule has 1 heterocycles. The number of nitrogens with one attached hydrogen (secondary N) is 1. The van der Waals surface area contributed by atoms with E-state index in [0.29, 0.717) is 16.6 Å². The lowest BCUT2D eigenvalue weighted by Crippen LogP contribution is -2.33. The molecule has 0 bridgehead atoms. The molecule has 4 nitrogen and oxygen atoms in total. The predicted molar refractivity (Wildman–Crippen MR) is 99.2 cm³/mol. The molecule has 1 fully saturated rings. The fourth-order valence-electron chi connectivity index (χ4n) is 2.30. The van der Waals surface area contributed by atoms with Crippen LogP contribution in [0, 0.1) is 6.92 Å². The van der Waals surface area contributed by atoms with Crippen molar-refractivity contribution in [2.45, 2.75) is 12.2 Å². The van der Waals surface area contributed by atoms with Gasteiger partial charge in [0.25, 0.3) is 0 Å². The molecule has 1 saturated heterocycles. The van der Waals surface area contributed by atoms with E-state index in [2.05, 4.69) is 5.32 Å². The second-order valence-electron chi connectivity index (χ2n) is 5.31. The number of hydrogen-bond acceptors (Lipinski definition) is 5. The number of thioether (sulfide) groups is 1. The Bertz CT molecular complexity index is 729. The lowest BCUT2D eigenvalue weighted by Gasteiger charge is -2.16. The highest BCUT2D eigenvalue weighted by Crippen LogP contribution is 2.32. The lowest BCUT2D eigenvalue weighted by molar-refractivity contribution is -0.116. The third-order valence-electron chi connectivity index (χ3n) is 3.57. The topological polar surface area (TPSA) is 52.6 Å². The molecule has 2 aromatic rings. The standard InChI is InChI=1S/C17H16N2O2S2/c1-11-2-4-12(5-3-11)18-10-15-16(21)19(17(22)23-15)13-6-8-14(20)9-7-13/h2-9,15,18,20H,10H2,1H3. The molecule has 2 aromatic carbocycles. The third kappa shape index (κ3) is 3.48. The van der Waals surface area contributed by atoms with Crippen LogP contribution in [-0.2, 0) is 4.79 Å². The number of nitrogens with zero attached hydrogens (tertiary/aromatic N) is 1. The number of anilines is 2. The quantitative estimate of drug-likeness (QED) is 0.831. The second kappa shape index (κ2) is 6.60. The van der Waals surface area contributed by atoms with E-state index in [1.165, 1.54) is 22.2 Å². The number of carbonyl (C=O) groups is 1. The van der Waals surface area contributed by atoms with Crippen LogP contribution in [0.15, 0.2) is 48.5 Å². The van der Waals surface area contributed by atoms with Gasteiger partial charge in [-0.1, -0.05) is 41.7 Å². The van der Waals surface area contributed by atoms with Gasteiger partial charge in [0.15, 0.2) is 0 Å². The van der Waals surface area contributed by atoms with E-state index >= 15 is 0 Å². The van der Waals surface area contributed by atoms with Crippen LogP contribution in [0.3, 0.4) is 0 Å².